The Balaban J connectivity index is 2.55. The number of carbonyl (C=O) groups excluding carboxylic acids is 2. The van der Waals surface area contributed by atoms with Gasteiger partial charge in [-0.2, -0.15) is 0 Å². The van der Waals surface area contributed by atoms with E-state index in [1.807, 2.05) is 19.9 Å². The molecule has 1 rings (SSSR count). The summed E-state index contributed by atoms with van der Waals surface area (Å²) in [6.07, 6.45) is 0. The van der Waals surface area contributed by atoms with Crippen molar-refractivity contribution in [1.82, 2.24) is 10.6 Å². The Bertz CT molecular complexity index is 477. The number of aryl methyl sites for hydroxylation is 1. The fourth-order valence-electron chi connectivity index (χ4n) is 1.43. The molecule has 0 heterocycles. The Labute approximate surface area is 117 Å². The first kappa shape index (κ1) is 15.3. The van der Waals surface area contributed by atoms with Crippen LogP contribution in [0.5, 0.6) is 0 Å². The maximum Gasteiger partial charge on any atom is 0.319 e. The Hall–Kier alpha value is -1.75. The number of hydrogen-bond donors (Lipinski definition) is 3. The van der Waals surface area contributed by atoms with E-state index in [-0.39, 0.29) is 5.91 Å². The molecule has 6 heteroatoms. The predicted octanol–water partition coefficient (Wildman–Crippen LogP) is 2.29. The van der Waals surface area contributed by atoms with Crippen molar-refractivity contribution in [3.63, 3.8) is 0 Å². The molecule has 1 unspecified atom stereocenters. The summed E-state index contributed by atoms with van der Waals surface area (Å²) in [7, 11) is 0. The van der Waals surface area contributed by atoms with Gasteiger partial charge in [0.25, 0.3) is 0 Å². The Morgan fingerprint density at radius 2 is 2.05 bits per heavy atom. The standard InChI is InChI=1S/C13H18ClN3O2/c1-4-15-12(18)9(3)16-13(19)17-10-6-5-8(2)11(14)7-10/h5-7,9H,4H2,1-3H3,(H,15,18)(H2,16,17,19). The Morgan fingerprint density at radius 1 is 1.37 bits per heavy atom. The molecule has 0 saturated heterocycles. The van der Waals surface area contributed by atoms with Crippen LogP contribution in [0.25, 0.3) is 0 Å². The molecule has 1 aromatic carbocycles. The zero-order chi connectivity index (χ0) is 14.4. The molecule has 0 radical (unpaired) electrons. The van der Waals surface area contributed by atoms with Crippen LogP contribution in [0.3, 0.4) is 0 Å². The fraction of sp³-hybridized carbons (Fsp3) is 0.385. The molecule has 1 atom stereocenters. The number of amides is 3. The van der Waals surface area contributed by atoms with E-state index >= 15 is 0 Å². The van der Waals surface area contributed by atoms with Gasteiger partial charge >= 0.3 is 6.03 Å². The second kappa shape index (κ2) is 6.99. The number of halogens is 1. The molecule has 19 heavy (non-hydrogen) atoms. The highest BCUT2D eigenvalue weighted by atomic mass is 35.5. The smallest absolute Gasteiger partial charge is 0.319 e. The van der Waals surface area contributed by atoms with Crippen molar-refractivity contribution >= 4 is 29.2 Å². The summed E-state index contributed by atoms with van der Waals surface area (Å²) in [5, 5.41) is 8.37. The molecular weight excluding hydrogens is 266 g/mol. The number of likely N-dealkylation sites (N-methyl/N-ethyl adjacent to an activating group) is 1. The van der Waals surface area contributed by atoms with Crippen LogP contribution >= 0.6 is 11.6 Å². The molecule has 3 N–H and O–H groups in total. The van der Waals surface area contributed by atoms with Gasteiger partial charge in [0.05, 0.1) is 0 Å². The maximum absolute atomic E-state index is 11.7. The number of urea groups is 1. The van der Waals surface area contributed by atoms with Gasteiger partial charge in [-0.3, -0.25) is 4.79 Å². The van der Waals surface area contributed by atoms with E-state index in [2.05, 4.69) is 16.0 Å². The number of carbonyl (C=O) groups is 2. The first-order valence-electron chi connectivity index (χ1n) is 6.05. The van der Waals surface area contributed by atoms with E-state index in [9.17, 15) is 9.59 Å². The molecule has 0 saturated carbocycles. The largest absolute Gasteiger partial charge is 0.355 e. The highest BCUT2D eigenvalue weighted by Crippen LogP contribution is 2.19. The summed E-state index contributed by atoms with van der Waals surface area (Å²) in [6, 6.07) is 4.18. The minimum atomic E-state index is -0.596. The molecule has 3 amide bonds. The lowest BCUT2D eigenvalue weighted by molar-refractivity contribution is -0.122. The van der Waals surface area contributed by atoms with E-state index < -0.39 is 12.1 Å². The number of benzene rings is 1. The van der Waals surface area contributed by atoms with Crippen LogP contribution in [0.15, 0.2) is 18.2 Å². The Kier molecular flexibility index (Phi) is 5.63. The van der Waals surface area contributed by atoms with Gasteiger partial charge in [-0.1, -0.05) is 17.7 Å². The average Bonchev–Trinajstić information content (AvgIpc) is 2.34. The quantitative estimate of drug-likeness (QED) is 0.793. The third-order valence-corrected chi connectivity index (χ3v) is 2.93. The number of hydrogen-bond acceptors (Lipinski definition) is 2. The van der Waals surface area contributed by atoms with Crippen LogP contribution in [0, 0.1) is 6.92 Å². The lowest BCUT2D eigenvalue weighted by Crippen LogP contribution is -2.46. The van der Waals surface area contributed by atoms with Gasteiger partial charge in [0.2, 0.25) is 5.91 Å². The van der Waals surface area contributed by atoms with E-state index in [4.69, 9.17) is 11.6 Å². The van der Waals surface area contributed by atoms with Crippen molar-refractivity contribution in [1.29, 1.82) is 0 Å². The first-order valence-corrected chi connectivity index (χ1v) is 6.43. The van der Waals surface area contributed by atoms with Crippen molar-refractivity contribution in [2.24, 2.45) is 0 Å². The van der Waals surface area contributed by atoms with Gasteiger partial charge in [0.1, 0.15) is 6.04 Å². The monoisotopic (exact) mass is 283 g/mol. The normalized spacial score (nSPS) is 11.6. The predicted molar refractivity (Wildman–Crippen MR) is 76.5 cm³/mol. The second-order valence-electron chi connectivity index (χ2n) is 4.18. The topological polar surface area (TPSA) is 70.2 Å². The first-order chi connectivity index (χ1) is 8.93. The number of rotatable bonds is 4. The van der Waals surface area contributed by atoms with Crippen LogP contribution < -0.4 is 16.0 Å². The fourth-order valence-corrected chi connectivity index (χ4v) is 1.61. The van der Waals surface area contributed by atoms with Crippen LogP contribution in [-0.2, 0) is 4.79 Å². The molecule has 0 aliphatic heterocycles. The van der Waals surface area contributed by atoms with Crippen LogP contribution in [0.1, 0.15) is 19.4 Å². The highest BCUT2D eigenvalue weighted by molar-refractivity contribution is 6.31. The van der Waals surface area contributed by atoms with Gasteiger partial charge in [0, 0.05) is 17.3 Å². The minimum absolute atomic E-state index is 0.223. The molecule has 0 aliphatic rings. The van der Waals surface area contributed by atoms with Crippen molar-refractivity contribution in [3.05, 3.63) is 28.8 Å². The molecule has 1 aromatic rings. The Morgan fingerprint density at radius 3 is 2.63 bits per heavy atom. The van der Waals surface area contributed by atoms with Gasteiger partial charge in [-0.05, 0) is 38.5 Å². The lowest BCUT2D eigenvalue weighted by atomic mass is 10.2. The number of anilines is 1. The molecular formula is C13H18ClN3O2. The summed E-state index contributed by atoms with van der Waals surface area (Å²) >= 11 is 5.96. The zero-order valence-corrected chi connectivity index (χ0v) is 12.0. The van der Waals surface area contributed by atoms with Gasteiger partial charge < -0.3 is 16.0 Å². The van der Waals surface area contributed by atoms with Crippen molar-refractivity contribution < 1.29 is 9.59 Å². The molecule has 0 fully saturated rings. The van der Waals surface area contributed by atoms with Crippen molar-refractivity contribution in [2.45, 2.75) is 26.8 Å². The zero-order valence-electron chi connectivity index (χ0n) is 11.2. The average molecular weight is 284 g/mol. The second-order valence-corrected chi connectivity index (χ2v) is 4.59. The van der Waals surface area contributed by atoms with Crippen molar-refractivity contribution in [3.8, 4) is 0 Å². The van der Waals surface area contributed by atoms with E-state index in [1.54, 1.807) is 19.1 Å². The molecule has 0 bridgehead atoms. The third-order valence-electron chi connectivity index (χ3n) is 2.52. The van der Waals surface area contributed by atoms with Crippen LogP contribution in [0.4, 0.5) is 10.5 Å². The summed E-state index contributed by atoms with van der Waals surface area (Å²) in [6.45, 7) is 5.84. The molecule has 0 aliphatic carbocycles. The third kappa shape index (κ3) is 4.79. The highest BCUT2D eigenvalue weighted by Gasteiger charge is 2.14. The summed E-state index contributed by atoms with van der Waals surface area (Å²) in [5.41, 5.74) is 1.51. The van der Waals surface area contributed by atoms with E-state index in [0.717, 1.165) is 5.56 Å². The van der Waals surface area contributed by atoms with Crippen LogP contribution in [-0.4, -0.2) is 24.5 Å². The maximum atomic E-state index is 11.7. The van der Waals surface area contributed by atoms with Crippen LogP contribution in [0.2, 0.25) is 5.02 Å². The molecule has 0 aromatic heterocycles. The molecule has 0 spiro atoms. The summed E-state index contributed by atoms with van der Waals surface area (Å²) in [5.74, 6) is -0.223. The number of nitrogens with one attached hydrogen (secondary N) is 3. The summed E-state index contributed by atoms with van der Waals surface area (Å²) < 4.78 is 0. The minimum Gasteiger partial charge on any atom is -0.355 e. The van der Waals surface area contributed by atoms with E-state index in [1.165, 1.54) is 0 Å². The summed E-state index contributed by atoms with van der Waals surface area (Å²) in [4.78, 5) is 23.1. The molecule has 5 nitrogen and oxygen atoms in total. The van der Waals surface area contributed by atoms with E-state index in [0.29, 0.717) is 17.3 Å². The molecule has 104 valence electrons. The lowest BCUT2D eigenvalue weighted by Gasteiger charge is -2.14. The van der Waals surface area contributed by atoms with Gasteiger partial charge in [-0.25, -0.2) is 4.79 Å². The van der Waals surface area contributed by atoms with Gasteiger partial charge in [-0.15, -0.1) is 0 Å². The van der Waals surface area contributed by atoms with Crippen molar-refractivity contribution in [2.75, 3.05) is 11.9 Å². The SMILES string of the molecule is CCNC(=O)C(C)NC(=O)Nc1ccc(C)c(Cl)c1. The van der Waals surface area contributed by atoms with Gasteiger partial charge in [0.15, 0.2) is 0 Å².